The summed E-state index contributed by atoms with van der Waals surface area (Å²) >= 11 is 1.50. The van der Waals surface area contributed by atoms with Gasteiger partial charge in [0.15, 0.2) is 0 Å². The van der Waals surface area contributed by atoms with Crippen LogP contribution >= 0.6 is 11.3 Å². The molecule has 2 heterocycles. The second-order valence-corrected chi connectivity index (χ2v) is 7.64. The maximum Gasteiger partial charge on any atom is 0.262 e. The Morgan fingerprint density at radius 1 is 1.26 bits per heavy atom. The average Bonchev–Trinajstić information content (AvgIpc) is 2.96. The summed E-state index contributed by atoms with van der Waals surface area (Å²) in [7, 11) is 1.61. The largest absolute Gasteiger partial charge is 0.383 e. The van der Waals surface area contributed by atoms with Crippen molar-refractivity contribution < 1.29 is 9.53 Å². The fraction of sp³-hybridized carbons (Fsp3) is 0.350. The molecule has 0 saturated carbocycles. The Hall–Kier alpha value is -2.51. The smallest absolute Gasteiger partial charge is 0.262 e. The first kappa shape index (κ1) is 19.3. The molecule has 2 aromatic heterocycles. The standard InChI is InChI=1S/C20H23N3O3S/c1-14-15(2)27-19-18(14)20(25)23(13-21-19)12-17(24)22(9-10-26-3)11-16-7-5-4-6-8-16/h4-8,13H,9-12H2,1-3H3. The first-order valence-corrected chi connectivity index (χ1v) is 9.58. The van der Waals surface area contributed by atoms with Crippen molar-refractivity contribution in [1.29, 1.82) is 0 Å². The zero-order chi connectivity index (χ0) is 19.4. The first-order chi connectivity index (χ1) is 13.0. The Balaban J connectivity index is 1.84. The number of rotatable bonds is 7. The third-order valence-electron chi connectivity index (χ3n) is 4.60. The van der Waals surface area contributed by atoms with Crippen LogP contribution in [0.4, 0.5) is 0 Å². The van der Waals surface area contributed by atoms with E-state index in [0.717, 1.165) is 20.8 Å². The van der Waals surface area contributed by atoms with Crippen molar-refractivity contribution in [3.8, 4) is 0 Å². The zero-order valence-corrected chi connectivity index (χ0v) is 16.6. The molecule has 3 aromatic rings. The van der Waals surface area contributed by atoms with E-state index in [1.54, 1.807) is 12.0 Å². The Bertz CT molecular complexity index is 995. The molecule has 1 aromatic carbocycles. The summed E-state index contributed by atoms with van der Waals surface area (Å²) < 4.78 is 6.53. The van der Waals surface area contributed by atoms with Crippen LogP contribution in [-0.2, 0) is 22.6 Å². The number of amides is 1. The molecule has 0 unspecified atom stereocenters. The number of hydrogen-bond donors (Lipinski definition) is 0. The molecule has 0 N–H and O–H groups in total. The van der Waals surface area contributed by atoms with Crippen LogP contribution in [0.3, 0.4) is 0 Å². The van der Waals surface area contributed by atoms with Crippen molar-refractivity contribution in [3.63, 3.8) is 0 Å². The monoisotopic (exact) mass is 385 g/mol. The van der Waals surface area contributed by atoms with Gasteiger partial charge in [-0.1, -0.05) is 30.3 Å². The van der Waals surface area contributed by atoms with Crippen molar-refractivity contribution in [2.24, 2.45) is 0 Å². The molecular weight excluding hydrogens is 362 g/mol. The van der Waals surface area contributed by atoms with E-state index in [4.69, 9.17) is 4.74 Å². The highest BCUT2D eigenvalue weighted by Gasteiger charge is 2.18. The van der Waals surface area contributed by atoms with Crippen LogP contribution < -0.4 is 5.56 Å². The molecule has 3 rings (SSSR count). The number of hydrogen-bond acceptors (Lipinski definition) is 5. The van der Waals surface area contributed by atoms with Crippen molar-refractivity contribution in [2.75, 3.05) is 20.3 Å². The molecule has 1 amide bonds. The van der Waals surface area contributed by atoms with Gasteiger partial charge in [0, 0.05) is 25.1 Å². The molecule has 0 saturated heterocycles. The summed E-state index contributed by atoms with van der Waals surface area (Å²) in [4.78, 5) is 33.6. The van der Waals surface area contributed by atoms with Gasteiger partial charge in [0.05, 0.1) is 18.3 Å². The highest BCUT2D eigenvalue weighted by atomic mass is 32.1. The minimum Gasteiger partial charge on any atom is -0.383 e. The van der Waals surface area contributed by atoms with Crippen LogP contribution in [0.15, 0.2) is 41.5 Å². The van der Waals surface area contributed by atoms with Gasteiger partial charge in [-0.25, -0.2) is 4.98 Å². The van der Waals surface area contributed by atoms with Crippen LogP contribution in [-0.4, -0.2) is 40.6 Å². The molecule has 142 valence electrons. The lowest BCUT2D eigenvalue weighted by molar-refractivity contribution is -0.133. The van der Waals surface area contributed by atoms with Crippen molar-refractivity contribution >= 4 is 27.5 Å². The Kier molecular flexibility index (Phi) is 6.03. The van der Waals surface area contributed by atoms with Gasteiger partial charge in [-0.2, -0.15) is 0 Å². The molecule has 0 aliphatic rings. The highest BCUT2D eigenvalue weighted by Crippen LogP contribution is 2.25. The Morgan fingerprint density at radius 3 is 2.70 bits per heavy atom. The predicted molar refractivity (Wildman–Crippen MR) is 107 cm³/mol. The number of aryl methyl sites for hydroxylation is 2. The maximum absolute atomic E-state index is 12.9. The molecule has 0 atom stereocenters. The normalized spacial score (nSPS) is 11.1. The van der Waals surface area contributed by atoms with Crippen LogP contribution in [0, 0.1) is 13.8 Å². The number of aromatic nitrogens is 2. The van der Waals surface area contributed by atoms with Crippen molar-refractivity contribution in [2.45, 2.75) is 26.9 Å². The lowest BCUT2D eigenvalue weighted by Gasteiger charge is -2.23. The summed E-state index contributed by atoms with van der Waals surface area (Å²) in [6.07, 6.45) is 1.47. The Labute approximate surface area is 162 Å². The fourth-order valence-electron chi connectivity index (χ4n) is 2.93. The number of ether oxygens (including phenoxy) is 1. The van der Waals surface area contributed by atoms with Gasteiger partial charge < -0.3 is 9.64 Å². The second kappa shape index (κ2) is 8.45. The minimum absolute atomic E-state index is 0.0351. The van der Waals surface area contributed by atoms with Gasteiger partial charge in [-0.05, 0) is 25.0 Å². The molecule has 0 bridgehead atoms. The molecule has 0 fully saturated rings. The maximum atomic E-state index is 12.9. The average molecular weight is 385 g/mol. The van der Waals surface area contributed by atoms with Crippen molar-refractivity contribution in [1.82, 2.24) is 14.5 Å². The molecule has 0 aliphatic carbocycles. The van der Waals surface area contributed by atoms with Gasteiger partial charge in [0.25, 0.3) is 5.56 Å². The summed E-state index contributed by atoms with van der Waals surface area (Å²) in [6, 6.07) is 9.78. The van der Waals surface area contributed by atoms with Crippen molar-refractivity contribution in [3.05, 3.63) is 63.0 Å². The number of benzene rings is 1. The van der Waals surface area contributed by atoms with E-state index in [9.17, 15) is 9.59 Å². The number of methoxy groups -OCH3 is 1. The number of carbonyl (C=O) groups is 1. The summed E-state index contributed by atoms with van der Waals surface area (Å²) in [5, 5.41) is 0.610. The number of carbonyl (C=O) groups excluding carboxylic acids is 1. The summed E-state index contributed by atoms with van der Waals surface area (Å²) in [5.74, 6) is -0.135. The van der Waals surface area contributed by atoms with Crippen LogP contribution in [0.2, 0.25) is 0 Å². The van der Waals surface area contributed by atoms with E-state index >= 15 is 0 Å². The molecule has 6 nitrogen and oxygen atoms in total. The van der Waals surface area contributed by atoms with Gasteiger partial charge in [-0.15, -0.1) is 11.3 Å². The first-order valence-electron chi connectivity index (χ1n) is 8.77. The second-order valence-electron chi connectivity index (χ2n) is 6.43. The van der Waals surface area contributed by atoms with Crippen LogP contribution in [0.25, 0.3) is 10.2 Å². The third kappa shape index (κ3) is 4.26. The minimum atomic E-state index is -0.165. The SMILES string of the molecule is COCCN(Cc1ccccc1)C(=O)Cn1cnc2sc(C)c(C)c2c1=O. The van der Waals surface area contributed by atoms with Crippen LogP contribution in [0.5, 0.6) is 0 Å². The van der Waals surface area contributed by atoms with E-state index < -0.39 is 0 Å². The lowest BCUT2D eigenvalue weighted by atomic mass is 10.2. The third-order valence-corrected chi connectivity index (χ3v) is 5.71. The van der Waals surface area contributed by atoms with Gasteiger partial charge in [-0.3, -0.25) is 14.2 Å². The topological polar surface area (TPSA) is 64.4 Å². The number of nitrogens with zero attached hydrogens (tertiary/aromatic N) is 3. The molecule has 0 aliphatic heterocycles. The molecule has 0 radical (unpaired) electrons. The number of fused-ring (bicyclic) bond motifs is 1. The van der Waals surface area contributed by atoms with E-state index in [0.29, 0.717) is 25.1 Å². The molecule has 27 heavy (non-hydrogen) atoms. The van der Waals surface area contributed by atoms with E-state index in [-0.39, 0.29) is 18.0 Å². The lowest BCUT2D eigenvalue weighted by Crippen LogP contribution is -2.38. The summed E-state index contributed by atoms with van der Waals surface area (Å²) in [6.45, 7) is 5.24. The highest BCUT2D eigenvalue weighted by molar-refractivity contribution is 7.18. The summed E-state index contributed by atoms with van der Waals surface area (Å²) in [5.41, 5.74) is 1.81. The zero-order valence-electron chi connectivity index (χ0n) is 15.8. The molecule has 0 spiro atoms. The van der Waals surface area contributed by atoms with E-state index in [1.165, 1.54) is 22.2 Å². The van der Waals surface area contributed by atoms with E-state index in [1.807, 2.05) is 44.2 Å². The van der Waals surface area contributed by atoms with E-state index in [2.05, 4.69) is 4.98 Å². The predicted octanol–water partition coefficient (Wildman–Crippen LogP) is 2.75. The van der Waals surface area contributed by atoms with Gasteiger partial charge >= 0.3 is 0 Å². The van der Waals surface area contributed by atoms with Crippen LogP contribution in [0.1, 0.15) is 16.0 Å². The van der Waals surface area contributed by atoms with Gasteiger partial charge in [0.1, 0.15) is 11.4 Å². The molecule has 7 heteroatoms. The number of thiophene rings is 1. The fourth-order valence-corrected chi connectivity index (χ4v) is 3.91. The Morgan fingerprint density at radius 2 is 2.00 bits per heavy atom. The molecular formula is C20H23N3O3S. The van der Waals surface area contributed by atoms with Gasteiger partial charge in [0.2, 0.25) is 5.91 Å². The quantitative estimate of drug-likeness (QED) is 0.627.